The molecule has 1 nitrogen and oxygen atoms in total. The minimum Gasteiger partial charge on any atom is -1.00 e. The van der Waals surface area contributed by atoms with Crippen LogP contribution < -0.4 is 12.4 Å². The lowest BCUT2D eigenvalue weighted by atomic mass is 9.91. The van der Waals surface area contributed by atoms with E-state index in [4.69, 9.17) is 0 Å². The molecule has 2 heteroatoms. The third kappa shape index (κ3) is 45.4. The van der Waals surface area contributed by atoms with Crippen LogP contribution >= 0.6 is 0 Å². The highest BCUT2D eigenvalue weighted by Gasteiger charge is 2.35. The summed E-state index contributed by atoms with van der Waals surface area (Å²) in [4.78, 5) is 0. The average Bonchev–Trinajstić information content (AvgIpc) is 3.26. The van der Waals surface area contributed by atoms with Crippen LogP contribution in [0.4, 0.5) is 0 Å². The highest BCUT2D eigenvalue weighted by atomic mass is 35.5. The molecule has 0 atom stereocenters. The Kier molecular flexibility index (Phi) is 55.9. The predicted molar refractivity (Wildman–Crippen MR) is 282 cm³/mol. The van der Waals surface area contributed by atoms with E-state index in [2.05, 4.69) is 41.8 Å². The van der Waals surface area contributed by atoms with Gasteiger partial charge < -0.3 is 16.9 Å². The Labute approximate surface area is 402 Å². The molecular weight excluding hydrogens is 770 g/mol. The highest BCUT2D eigenvalue weighted by molar-refractivity contribution is 4.69. The largest absolute Gasteiger partial charge is 1.00 e. The molecular formula is C60H124ClN. The van der Waals surface area contributed by atoms with E-state index in [-0.39, 0.29) is 12.4 Å². The van der Waals surface area contributed by atoms with Crippen molar-refractivity contribution in [2.24, 2.45) is 0 Å². The number of rotatable bonds is 54. The van der Waals surface area contributed by atoms with Crippen LogP contribution in [-0.4, -0.2) is 30.7 Å². The van der Waals surface area contributed by atoms with Gasteiger partial charge >= 0.3 is 0 Å². The first kappa shape index (κ1) is 64.3. The highest BCUT2D eigenvalue weighted by Crippen LogP contribution is 2.30. The van der Waals surface area contributed by atoms with Gasteiger partial charge in [-0.3, -0.25) is 0 Å². The van der Waals surface area contributed by atoms with Crippen LogP contribution in [0, 0.1) is 0 Å². The monoisotopic (exact) mass is 894 g/mol. The summed E-state index contributed by atoms with van der Waals surface area (Å²) in [7, 11) is 5.44. The molecule has 0 saturated heterocycles. The fraction of sp³-hybridized carbons (Fsp3) is 1.00. The number of nitrogens with zero attached hydrogens (tertiary/aromatic N) is 1. The third-order valence-corrected chi connectivity index (χ3v) is 15.4. The van der Waals surface area contributed by atoms with E-state index in [9.17, 15) is 0 Å². The second-order valence-corrected chi connectivity index (χ2v) is 21.6. The Morgan fingerprint density at radius 3 is 0.435 bits per heavy atom. The molecule has 62 heavy (non-hydrogen) atoms. The van der Waals surface area contributed by atoms with Crippen molar-refractivity contribution in [1.82, 2.24) is 0 Å². The number of hydrogen-bond donors (Lipinski definition) is 0. The van der Waals surface area contributed by atoms with Crippen LogP contribution in [0.2, 0.25) is 0 Å². The average molecular weight is 895 g/mol. The molecule has 0 aliphatic rings. The fourth-order valence-electron chi connectivity index (χ4n) is 10.8. The van der Waals surface area contributed by atoms with Gasteiger partial charge in [0, 0.05) is 0 Å². The molecule has 0 fully saturated rings. The second kappa shape index (κ2) is 53.9. The van der Waals surface area contributed by atoms with Crippen LogP contribution in [0.1, 0.15) is 362 Å². The Hall–Kier alpha value is 0.250. The molecule has 0 aliphatic heterocycles. The van der Waals surface area contributed by atoms with Crippen molar-refractivity contribution in [1.29, 1.82) is 0 Å². The van der Waals surface area contributed by atoms with E-state index in [0.717, 1.165) is 12.1 Å². The maximum absolute atomic E-state index is 2.72. The number of halogens is 1. The lowest BCUT2D eigenvalue weighted by Gasteiger charge is -2.45. The maximum atomic E-state index is 2.72. The van der Waals surface area contributed by atoms with Gasteiger partial charge in [0.25, 0.3) is 0 Å². The summed E-state index contributed by atoms with van der Waals surface area (Å²) in [5.74, 6) is 0. The lowest BCUT2D eigenvalue weighted by molar-refractivity contribution is -0.940. The summed E-state index contributed by atoms with van der Waals surface area (Å²) in [6, 6.07) is 1.73. The molecule has 376 valence electrons. The quantitative estimate of drug-likeness (QED) is 0.0422. The predicted octanol–water partition coefficient (Wildman–Crippen LogP) is 19.2. The lowest BCUT2D eigenvalue weighted by Crippen LogP contribution is -3.00. The third-order valence-electron chi connectivity index (χ3n) is 15.4. The Morgan fingerprint density at radius 2 is 0.306 bits per heavy atom. The first-order valence-corrected chi connectivity index (χ1v) is 29.9. The summed E-state index contributed by atoms with van der Waals surface area (Å²) in [5.41, 5.74) is 0. The minimum atomic E-state index is 0. The molecule has 0 aliphatic carbocycles. The zero-order chi connectivity index (χ0) is 44.4. The molecule has 0 amide bonds. The molecule has 0 rings (SSSR count). The van der Waals surface area contributed by atoms with Gasteiger partial charge in [-0.15, -0.1) is 0 Å². The van der Waals surface area contributed by atoms with Crippen molar-refractivity contribution in [3.63, 3.8) is 0 Å². The Bertz CT molecular complexity index is 661. The second-order valence-electron chi connectivity index (χ2n) is 21.6. The molecule has 0 heterocycles. The van der Waals surface area contributed by atoms with E-state index >= 15 is 0 Å². The summed E-state index contributed by atoms with van der Waals surface area (Å²) in [5, 5.41) is 0. The molecule has 0 aromatic heterocycles. The SMILES string of the molecule is CCCCCCCCCCCCCCC(CCCCCCCCCCCCCC)[N+](C)(C)C(CCCCCCCCCCCCCC)CCCCCCCCCCCCCC.[Cl-]. The van der Waals surface area contributed by atoms with Crippen molar-refractivity contribution in [3.05, 3.63) is 0 Å². The molecule has 0 aromatic rings. The van der Waals surface area contributed by atoms with Crippen molar-refractivity contribution >= 4 is 0 Å². The van der Waals surface area contributed by atoms with Gasteiger partial charge in [0.2, 0.25) is 0 Å². The van der Waals surface area contributed by atoms with Crippen LogP contribution in [0.5, 0.6) is 0 Å². The smallest absolute Gasteiger partial charge is 0.0888 e. The van der Waals surface area contributed by atoms with E-state index in [1.807, 2.05) is 0 Å². The van der Waals surface area contributed by atoms with Crippen molar-refractivity contribution in [2.45, 2.75) is 374 Å². The molecule has 0 N–H and O–H groups in total. The van der Waals surface area contributed by atoms with Crippen LogP contribution in [-0.2, 0) is 0 Å². The molecule has 0 unspecified atom stereocenters. The zero-order valence-corrected chi connectivity index (χ0v) is 45.5. The van der Waals surface area contributed by atoms with Gasteiger partial charge in [0.05, 0.1) is 26.2 Å². The van der Waals surface area contributed by atoms with Crippen LogP contribution in [0.3, 0.4) is 0 Å². The minimum absolute atomic E-state index is 0. The Balaban J connectivity index is 0. The van der Waals surface area contributed by atoms with Crippen LogP contribution in [0.15, 0.2) is 0 Å². The first-order valence-electron chi connectivity index (χ1n) is 29.9. The van der Waals surface area contributed by atoms with Crippen molar-refractivity contribution < 1.29 is 16.9 Å². The summed E-state index contributed by atoms with van der Waals surface area (Å²) in [6.07, 6.45) is 76.3. The zero-order valence-electron chi connectivity index (χ0n) is 44.7. The van der Waals surface area contributed by atoms with Gasteiger partial charge in [-0.2, -0.15) is 0 Å². The van der Waals surface area contributed by atoms with E-state index in [0.29, 0.717) is 0 Å². The number of quaternary nitrogens is 1. The van der Waals surface area contributed by atoms with Crippen molar-refractivity contribution in [2.75, 3.05) is 14.1 Å². The van der Waals surface area contributed by atoms with E-state index in [1.54, 1.807) is 0 Å². The topological polar surface area (TPSA) is 0 Å². The van der Waals surface area contributed by atoms with E-state index < -0.39 is 0 Å². The van der Waals surface area contributed by atoms with Crippen molar-refractivity contribution in [3.8, 4) is 0 Å². The first-order chi connectivity index (χ1) is 30.0. The molecule has 0 aromatic carbocycles. The Morgan fingerprint density at radius 1 is 0.194 bits per heavy atom. The normalized spacial score (nSPS) is 12.0. The number of unbranched alkanes of at least 4 members (excludes halogenated alkanes) is 44. The van der Waals surface area contributed by atoms with Gasteiger partial charge in [-0.1, -0.05) is 310 Å². The van der Waals surface area contributed by atoms with Crippen LogP contribution in [0.25, 0.3) is 0 Å². The molecule has 0 saturated carbocycles. The van der Waals surface area contributed by atoms with Gasteiger partial charge in [0.1, 0.15) is 0 Å². The maximum Gasteiger partial charge on any atom is 0.0888 e. The fourth-order valence-corrected chi connectivity index (χ4v) is 10.8. The standard InChI is InChI=1S/C60H124N.ClH/c1-7-11-15-19-23-27-31-35-39-43-47-51-55-59(56-52-48-44-40-36-32-28-24-20-16-12-8-2)61(5,6)60(57-53-49-45-41-37-33-29-25-21-17-13-9-3)58-54-50-46-42-38-34-30-26-22-18-14-10-4;/h59-60H,7-58H2,1-6H3;1H/q+1;/p-1. The van der Waals surface area contributed by atoms with Gasteiger partial charge in [-0.25, -0.2) is 0 Å². The molecule has 0 bridgehead atoms. The van der Waals surface area contributed by atoms with E-state index in [1.165, 1.54) is 338 Å². The van der Waals surface area contributed by atoms with Gasteiger partial charge in [-0.05, 0) is 51.4 Å². The molecule has 0 spiro atoms. The molecule has 0 radical (unpaired) electrons. The number of hydrogen-bond acceptors (Lipinski definition) is 0. The van der Waals surface area contributed by atoms with Gasteiger partial charge in [0.15, 0.2) is 0 Å². The summed E-state index contributed by atoms with van der Waals surface area (Å²) >= 11 is 0. The summed E-state index contributed by atoms with van der Waals surface area (Å²) < 4.78 is 1.33. The summed E-state index contributed by atoms with van der Waals surface area (Å²) in [6.45, 7) is 9.34.